The molecule has 1 unspecified atom stereocenters. The van der Waals surface area contributed by atoms with Crippen molar-refractivity contribution >= 4 is 63.3 Å². The molecule has 4 heterocycles. The number of hydrogen-bond acceptors (Lipinski definition) is 13. The standard InChI is InChI=1S/C51H59N7O11/c1-5-32-29-36-37(51(2,3)47-45(46(36)61)34-10-9-33(52-4)30-39(34)54-47)31-41(32)56-15-17-57(18-16-56)43(60)13-19-65-21-23-67-25-27-69-28-26-68-24-22-66-20-14-53-38-8-6-7-35-44(38)50(64)58(49(35)63)40-11-12-42(59)55-48(40)62/h6-10,29-31,40,53-54H,5,11-28H2,1-3H3,(H,55,59,62). The van der Waals surface area contributed by atoms with E-state index in [1.807, 2.05) is 17.0 Å². The van der Waals surface area contributed by atoms with Crippen molar-refractivity contribution in [3.63, 3.8) is 0 Å². The maximum absolute atomic E-state index is 14.1. The number of nitrogens with one attached hydrogen (secondary N) is 3. The van der Waals surface area contributed by atoms with E-state index in [0.29, 0.717) is 122 Å². The average Bonchev–Trinajstić information content (AvgIpc) is 3.87. The number of rotatable bonds is 22. The third-order valence-electron chi connectivity index (χ3n) is 13.2. The van der Waals surface area contributed by atoms with Crippen molar-refractivity contribution in [1.29, 1.82) is 0 Å². The number of anilines is 2. The molecule has 1 aromatic heterocycles. The maximum atomic E-state index is 14.1. The van der Waals surface area contributed by atoms with Crippen molar-refractivity contribution in [3.8, 4) is 0 Å². The van der Waals surface area contributed by atoms with E-state index >= 15 is 0 Å². The van der Waals surface area contributed by atoms with Crippen molar-refractivity contribution in [2.24, 2.45) is 0 Å². The Balaban J connectivity index is 0.646. The van der Waals surface area contributed by atoms with Gasteiger partial charge in [0.2, 0.25) is 17.7 Å². The summed E-state index contributed by atoms with van der Waals surface area (Å²) in [5.74, 6) is -2.14. The number of benzene rings is 3. The first-order valence-corrected chi connectivity index (χ1v) is 23.7. The molecule has 5 amide bonds. The van der Waals surface area contributed by atoms with E-state index in [0.717, 1.165) is 50.3 Å². The smallest absolute Gasteiger partial charge is 0.264 e. The molecule has 3 aliphatic heterocycles. The van der Waals surface area contributed by atoms with Crippen LogP contribution in [0.3, 0.4) is 0 Å². The number of fused-ring (bicyclic) bond motifs is 5. The number of ketones is 1. The van der Waals surface area contributed by atoms with E-state index in [4.69, 9.17) is 30.3 Å². The highest BCUT2D eigenvalue weighted by Crippen LogP contribution is 2.46. The van der Waals surface area contributed by atoms with Gasteiger partial charge < -0.3 is 43.8 Å². The fourth-order valence-electron chi connectivity index (χ4n) is 9.56. The first-order chi connectivity index (χ1) is 33.4. The summed E-state index contributed by atoms with van der Waals surface area (Å²) >= 11 is 0. The maximum Gasteiger partial charge on any atom is 0.264 e. The van der Waals surface area contributed by atoms with E-state index in [2.05, 4.69) is 58.3 Å². The quantitative estimate of drug-likeness (QED) is 0.0553. The average molecular weight is 946 g/mol. The van der Waals surface area contributed by atoms with Crippen molar-refractivity contribution in [3.05, 3.63) is 99.0 Å². The zero-order valence-corrected chi connectivity index (χ0v) is 39.4. The molecule has 3 aromatic carbocycles. The fraction of sp³-hybridized carbons (Fsp3) is 0.471. The van der Waals surface area contributed by atoms with Crippen LogP contribution in [0.15, 0.2) is 48.5 Å². The van der Waals surface area contributed by atoms with Crippen LogP contribution in [0, 0.1) is 6.57 Å². The molecule has 69 heavy (non-hydrogen) atoms. The third kappa shape index (κ3) is 10.4. The van der Waals surface area contributed by atoms with Gasteiger partial charge in [0.05, 0.1) is 95.8 Å². The van der Waals surface area contributed by atoms with Crippen molar-refractivity contribution in [2.75, 3.05) is 109 Å². The minimum atomic E-state index is -1.02. The Morgan fingerprint density at radius 1 is 0.797 bits per heavy atom. The lowest BCUT2D eigenvalue weighted by molar-refractivity contribution is -0.136. The summed E-state index contributed by atoms with van der Waals surface area (Å²) < 4.78 is 28.1. The Hall–Kier alpha value is -6.49. The van der Waals surface area contributed by atoms with Gasteiger partial charge in [-0.25, -0.2) is 4.85 Å². The predicted octanol–water partition coefficient (Wildman–Crippen LogP) is 4.79. The number of hydrogen-bond donors (Lipinski definition) is 3. The normalized spacial score (nSPS) is 17.5. The van der Waals surface area contributed by atoms with Gasteiger partial charge in [0.15, 0.2) is 11.5 Å². The zero-order valence-electron chi connectivity index (χ0n) is 39.4. The molecule has 2 fully saturated rings. The van der Waals surface area contributed by atoms with E-state index in [1.54, 1.807) is 24.3 Å². The number of amides is 5. The topological polar surface area (TPSA) is 202 Å². The number of aryl methyl sites for hydroxylation is 1. The van der Waals surface area contributed by atoms with Gasteiger partial charge in [0.25, 0.3) is 11.8 Å². The minimum Gasteiger partial charge on any atom is -0.382 e. The molecular formula is C51H59N7O11. The molecule has 3 N–H and O–H groups in total. The van der Waals surface area contributed by atoms with E-state index in [-0.39, 0.29) is 35.7 Å². The molecule has 364 valence electrons. The fourth-order valence-corrected chi connectivity index (χ4v) is 9.56. The number of piperidine rings is 1. The van der Waals surface area contributed by atoms with E-state index in [1.165, 1.54) is 0 Å². The molecule has 8 rings (SSSR count). The summed E-state index contributed by atoms with van der Waals surface area (Å²) in [6, 6.07) is 13.6. The van der Waals surface area contributed by atoms with Gasteiger partial charge in [-0.15, -0.1) is 0 Å². The van der Waals surface area contributed by atoms with Gasteiger partial charge in [0.1, 0.15) is 6.04 Å². The number of aromatic amines is 1. The Bertz CT molecular complexity index is 2660. The van der Waals surface area contributed by atoms with Gasteiger partial charge in [-0.2, -0.15) is 0 Å². The minimum absolute atomic E-state index is 0.00433. The van der Waals surface area contributed by atoms with Crippen LogP contribution in [0.1, 0.15) is 93.5 Å². The van der Waals surface area contributed by atoms with Crippen LogP contribution in [-0.2, 0) is 49.9 Å². The lowest BCUT2D eigenvalue weighted by Gasteiger charge is -2.39. The molecule has 2 saturated heterocycles. The largest absolute Gasteiger partial charge is 0.382 e. The Labute approximate surface area is 400 Å². The Morgan fingerprint density at radius 3 is 2.12 bits per heavy atom. The molecule has 18 heteroatoms. The second kappa shape index (κ2) is 21.9. The predicted molar refractivity (Wildman–Crippen MR) is 255 cm³/mol. The Morgan fingerprint density at radius 2 is 1.46 bits per heavy atom. The molecule has 0 radical (unpaired) electrons. The van der Waals surface area contributed by atoms with Gasteiger partial charge in [0, 0.05) is 78.1 Å². The third-order valence-corrected chi connectivity index (χ3v) is 13.2. The van der Waals surface area contributed by atoms with Crippen LogP contribution in [0.4, 0.5) is 17.1 Å². The van der Waals surface area contributed by atoms with Gasteiger partial charge in [-0.3, -0.25) is 39.0 Å². The summed E-state index contributed by atoms with van der Waals surface area (Å²) in [6.45, 7) is 20.4. The second-order valence-electron chi connectivity index (χ2n) is 17.8. The zero-order chi connectivity index (χ0) is 48.7. The van der Waals surface area contributed by atoms with Gasteiger partial charge in [-0.05, 0) is 54.3 Å². The highest BCUT2D eigenvalue weighted by atomic mass is 16.6. The second-order valence-corrected chi connectivity index (χ2v) is 17.8. The molecule has 1 aliphatic carbocycles. The van der Waals surface area contributed by atoms with Crippen LogP contribution in [0.25, 0.3) is 15.7 Å². The first-order valence-electron chi connectivity index (χ1n) is 23.7. The summed E-state index contributed by atoms with van der Waals surface area (Å²) in [7, 11) is 0. The highest BCUT2D eigenvalue weighted by Gasteiger charge is 2.46. The molecule has 0 spiro atoms. The molecule has 0 bridgehead atoms. The number of nitrogens with zero attached hydrogens (tertiary/aromatic N) is 4. The number of H-pyrrole nitrogens is 1. The van der Waals surface area contributed by atoms with Gasteiger partial charge in [-0.1, -0.05) is 39.0 Å². The summed E-state index contributed by atoms with van der Waals surface area (Å²) in [5.41, 5.74) is 7.20. The molecule has 18 nitrogen and oxygen atoms in total. The number of piperazine rings is 1. The number of imide groups is 2. The SMILES string of the molecule is [C-]#[N+]c1ccc2c3c([nH]c2c1)C(C)(C)c1cc(N2CCN(C(=O)CCOCCOCCOCCOCCOCCNc4cccc5c4C(=O)N(C4CCC(=O)NC4=O)C5=O)CC2)c(CC)cc1C3=O. The first kappa shape index (κ1) is 48.9. The highest BCUT2D eigenvalue weighted by molar-refractivity contribution is 6.25. The molecule has 1 atom stereocenters. The van der Waals surface area contributed by atoms with Crippen molar-refractivity contribution in [1.82, 2.24) is 20.1 Å². The number of carbonyl (C=O) groups excluding carboxylic acids is 6. The van der Waals surface area contributed by atoms with Crippen molar-refractivity contribution in [2.45, 2.75) is 57.9 Å². The van der Waals surface area contributed by atoms with Gasteiger partial charge >= 0.3 is 0 Å². The lowest BCUT2D eigenvalue weighted by atomic mass is 9.70. The molecule has 4 aromatic rings. The molecular weight excluding hydrogens is 887 g/mol. The van der Waals surface area contributed by atoms with E-state index in [9.17, 15) is 28.8 Å². The van der Waals surface area contributed by atoms with Crippen LogP contribution in [0.2, 0.25) is 0 Å². The number of ether oxygens (including phenoxy) is 5. The Kier molecular flexibility index (Phi) is 15.5. The monoisotopic (exact) mass is 945 g/mol. The summed E-state index contributed by atoms with van der Waals surface area (Å²) in [4.78, 5) is 89.6. The van der Waals surface area contributed by atoms with Crippen LogP contribution < -0.4 is 15.5 Å². The molecule has 0 saturated carbocycles. The van der Waals surface area contributed by atoms with Crippen LogP contribution in [0.5, 0.6) is 0 Å². The van der Waals surface area contributed by atoms with Crippen molar-refractivity contribution < 1.29 is 52.5 Å². The van der Waals surface area contributed by atoms with E-state index < -0.39 is 35.1 Å². The lowest BCUT2D eigenvalue weighted by Crippen LogP contribution is -2.54. The van der Waals surface area contributed by atoms with Crippen LogP contribution in [-0.4, -0.2) is 155 Å². The van der Waals surface area contributed by atoms with Crippen LogP contribution >= 0.6 is 0 Å². The number of aromatic nitrogens is 1. The molecule has 4 aliphatic rings. The summed E-state index contributed by atoms with van der Waals surface area (Å²) in [5, 5.41) is 6.18. The summed E-state index contributed by atoms with van der Waals surface area (Å²) in [6.07, 6.45) is 1.21. The number of carbonyl (C=O) groups is 6.